The fraction of sp³-hybridized carbons (Fsp3) is 0.667. The number of hydrogen-bond donors (Lipinski definition) is 2. The minimum Gasteiger partial charge on any atom is -0.386 e. The molecule has 3 heteroatoms. The smallest absolute Gasteiger partial charge is 0.101 e. The first-order valence-corrected chi connectivity index (χ1v) is 6.57. The second kappa shape index (κ2) is 5.10. The van der Waals surface area contributed by atoms with E-state index in [2.05, 4.69) is 12.2 Å². The van der Waals surface area contributed by atoms with Crippen LogP contribution in [0.25, 0.3) is 0 Å². The molecule has 2 unspecified atom stereocenters. The molecule has 1 saturated carbocycles. The molecule has 84 valence electrons. The summed E-state index contributed by atoms with van der Waals surface area (Å²) in [5, 5.41) is 15.2. The maximum absolute atomic E-state index is 9.82. The first kappa shape index (κ1) is 11.1. The van der Waals surface area contributed by atoms with Gasteiger partial charge in [0.15, 0.2) is 0 Å². The molecular weight excluding hydrogens is 206 g/mol. The van der Waals surface area contributed by atoms with Crippen LogP contribution in [0.3, 0.4) is 0 Å². The fourth-order valence-corrected chi connectivity index (χ4v) is 2.57. The van der Waals surface area contributed by atoms with Crippen LogP contribution in [0.1, 0.15) is 30.7 Å². The molecule has 1 fully saturated rings. The Morgan fingerprint density at radius 3 is 2.93 bits per heavy atom. The largest absolute Gasteiger partial charge is 0.386 e. The summed E-state index contributed by atoms with van der Waals surface area (Å²) in [6.45, 7) is 4.01. The van der Waals surface area contributed by atoms with Crippen molar-refractivity contribution in [1.29, 1.82) is 0 Å². The van der Waals surface area contributed by atoms with Crippen molar-refractivity contribution in [3.63, 3.8) is 0 Å². The number of hydrogen-bond acceptors (Lipinski definition) is 3. The number of aliphatic hydroxyl groups is 1. The molecule has 0 aliphatic heterocycles. The first-order valence-electron chi connectivity index (χ1n) is 5.69. The fourth-order valence-electron chi connectivity index (χ4n) is 1.86. The topological polar surface area (TPSA) is 32.3 Å². The number of nitrogens with one attached hydrogen (secondary N) is 1. The van der Waals surface area contributed by atoms with E-state index in [1.54, 1.807) is 11.3 Å². The zero-order chi connectivity index (χ0) is 10.7. The van der Waals surface area contributed by atoms with E-state index < -0.39 is 0 Å². The van der Waals surface area contributed by atoms with E-state index >= 15 is 0 Å². The number of rotatable bonds is 6. The molecule has 0 amide bonds. The predicted molar refractivity (Wildman–Crippen MR) is 64.0 cm³/mol. The third-order valence-corrected chi connectivity index (χ3v) is 4.08. The molecule has 1 aromatic rings. The standard InChI is InChI=1S/C12H19NOS/c1-9(10-4-5-10)7-13-8-11(14)12-3-2-6-15-12/h2-3,6,9-11,13-14H,4-5,7-8H2,1H3. The molecule has 2 N–H and O–H groups in total. The molecule has 2 rings (SSSR count). The van der Waals surface area contributed by atoms with E-state index in [1.807, 2.05) is 17.5 Å². The third-order valence-electron chi connectivity index (χ3n) is 3.10. The van der Waals surface area contributed by atoms with Crippen LogP contribution in [0.15, 0.2) is 17.5 Å². The maximum Gasteiger partial charge on any atom is 0.101 e. The van der Waals surface area contributed by atoms with Gasteiger partial charge in [-0.3, -0.25) is 0 Å². The summed E-state index contributed by atoms with van der Waals surface area (Å²) in [6, 6.07) is 3.97. The summed E-state index contributed by atoms with van der Waals surface area (Å²) in [4.78, 5) is 1.06. The van der Waals surface area contributed by atoms with Crippen molar-refractivity contribution in [3.05, 3.63) is 22.4 Å². The van der Waals surface area contributed by atoms with Crippen LogP contribution < -0.4 is 5.32 Å². The lowest BCUT2D eigenvalue weighted by Crippen LogP contribution is -2.26. The Morgan fingerprint density at radius 1 is 1.53 bits per heavy atom. The van der Waals surface area contributed by atoms with Gasteiger partial charge in [-0.1, -0.05) is 13.0 Å². The van der Waals surface area contributed by atoms with Crippen molar-refractivity contribution < 1.29 is 5.11 Å². The second-order valence-electron chi connectivity index (χ2n) is 4.50. The number of thiophene rings is 1. The lowest BCUT2D eigenvalue weighted by atomic mass is 10.1. The van der Waals surface area contributed by atoms with Gasteiger partial charge in [0.25, 0.3) is 0 Å². The zero-order valence-corrected chi connectivity index (χ0v) is 9.96. The highest BCUT2D eigenvalue weighted by molar-refractivity contribution is 7.10. The van der Waals surface area contributed by atoms with Gasteiger partial charge < -0.3 is 10.4 Å². The van der Waals surface area contributed by atoms with Crippen LogP contribution in [-0.2, 0) is 0 Å². The average Bonchev–Trinajstić information content (AvgIpc) is 2.93. The molecule has 1 aliphatic carbocycles. The van der Waals surface area contributed by atoms with Gasteiger partial charge in [0.05, 0.1) is 0 Å². The van der Waals surface area contributed by atoms with Crippen LogP contribution in [-0.4, -0.2) is 18.2 Å². The Hall–Kier alpha value is -0.380. The highest BCUT2D eigenvalue weighted by atomic mass is 32.1. The van der Waals surface area contributed by atoms with Crippen LogP contribution in [0.4, 0.5) is 0 Å². The van der Waals surface area contributed by atoms with E-state index in [0.29, 0.717) is 6.54 Å². The summed E-state index contributed by atoms with van der Waals surface area (Å²) in [5.74, 6) is 1.71. The summed E-state index contributed by atoms with van der Waals surface area (Å²) in [6.07, 6.45) is 2.46. The quantitative estimate of drug-likeness (QED) is 0.779. The van der Waals surface area contributed by atoms with Crippen LogP contribution in [0, 0.1) is 11.8 Å². The lowest BCUT2D eigenvalue weighted by molar-refractivity contribution is 0.176. The van der Waals surface area contributed by atoms with Gasteiger partial charge in [0.1, 0.15) is 6.10 Å². The van der Waals surface area contributed by atoms with Crippen LogP contribution in [0.5, 0.6) is 0 Å². The van der Waals surface area contributed by atoms with Gasteiger partial charge in [0.2, 0.25) is 0 Å². The molecule has 1 aromatic heterocycles. The van der Waals surface area contributed by atoms with Crippen molar-refractivity contribution >= 4 is 11.3 Å². The molecule has 1 aliphatic rings. The Balaban J connectivity index is 1.64. The van der Waals surface area contributed by atoms with Crippen molar-refractivity contribution in [3.8, 4) is 0 Å². The molecule has 0 spiro atoms. The Kier molecular flexibility index (Phi) is 3.78. The minimum absolute atomic E-state index is 0.337. The lowest BCUT2D eigenvalue weighted by Gasteiger charge is -2.14. The molecule has 1 heterocycles. The molecule has 2 nitrogen and oxygen atoms in total. The van der Waals surface area contributed by atoms with Crippen molar-refractivity contribution in [2.45, 2.75) is 25.9 Å². The SMILES string of the molecule is CC(CNCC(O)c1cccs1)C1CC1. The van der Waals surface area contributed by atoms with Crippen molar-refractivity contribution in [1.82, 2.24) is 5.32 Å². The van der Waals surface area contributed by atoms with Gasteiger partial charge >= 0.3 is 0 Å². The van der Waals surface area contributed by atoms with Crippen molar-refractivity contribution in [2.24, 2.45) is 11.8 Å². The van der Waals surface area contributed by atoms with Crippen molar-refractivity contribution in [2.75, 3.05) is 13.1 Å². The van der Waals surface area contributed by atoms with E-state index in [4.69, 9.17) is 0 Å². The van der Waals surface area contributed by atoms with Crippen LogP contribution >= 0.6 is 11.3 Å². The average molecular weight is 225 g/mol. The third kappa shape index (κ3) is 3.30. The number of aliphatic hydroxyl groups excluding tert-OH is 1. The highest BCUT2D eigenvalue weighted by Gasteiger charge is 2.27. The van der Waals surface area contributed by atoms with Gasteiger partial charge in [-0.25, -0.2) is 0 Å². The molecule has 15 heavy (non-hydrogen) atoms. The highest BCUT2D eigenvalue weighted by Crippen LogP contribution is 2.36. The summed E-state index contributed by atoms with van der Waals surface area (Å²) < 4.78 is 0. The molecular formula is C12H19NOS. The normalized spacial score (nSPS) is 20.1. The Morgan fingerprint density at radius 2 is 2.33 bits per heavy atom. The van der Waals surface area contributed by atoms with E-state index in [-0.39, 0.29) is 6.10 Å². The monoisotopic (exact) mass is 225 g/mol. The predicted octanol–water partition coefficient (Wildman–Crippen LogP) is 2.42. The first-order chi connectivity index (χ1) is 7.27. The van der Waals surface area contributed by atoms with Gasteiger partial charge in [-0.15, -0.1) is 11.3 Å². The Bertz CT molecular complexity index is 282. The van der Waals surface area contributed by atoms with Gasteiger partial charge in [0, 0.05) is 11.4 Å². The van der Waals surface area contributed by atoms with E-state index in [1.165, 1.54) is 12.8 Å². The van der Waals surface area contributed by atoms with Crippen LogP contribution in [0.2, 0.25) is 0 Å². The summed E-state index contributed by atoms with van der Waals surface area (Å²) in [7, 11) is 0. The second-order valence-corrected chi connectivity index (χ2v) is 5.48. The summed E-state index contributed by atoms with van der Waals surface area (Å²) >= 11 is 1.62. The minimum atomic E-state index is -0.337. The molecule has 0 aromatic carbocycles. The molecule has 0 radical (unpaired) electrons. The maximum atomic E-state index is 9.82. The molecule has 0 bridgehead atoms. The zero-order valence-electron chi connectivity index (χ0n) is 9.15. The molecule has 0 saturated heterocycles. The van der Waals surface area contributed by atoms with Gasteiger partial charge in [-0.05, 0) is 42.7 Å². The molecule has 2 atom stereocenters. The van der Waals surface area contributed by atoms with Gasteiger partial charge in [-0.2, -0.15) is 0 Å². The van der Waals surface area contributed by atoms with E-state index in [9.17, 15) is 5.11 Å². The Labute approximate surface area is 95.3 Å². The van der Waals surface area contributed by atoms with E-state index in [0.717, 1.165) is 23.3 Å². The summed E-state index contributed by atoms with van der Waals surface area (Å²) in [5.41, 5.74) is 0.